The van der Waals surface area contributed by atoms with Crippen LogP contribution in [0.5, 0.6) is 0 Å². The summed E-state index contributed by atoms with van der Waals surface area (Å²) < 4.78 is 17.2. The summed E-state index contributed by atoms with van der Waals surface area (Å²) in [5, 5.41) is 21.4. The number of benzene rings is 1. The predicted molar refractivity (Wildman–Crippen MR) is 155 cm³/mol. The minimum atomic E-state index is -1.26. The number of aliphatic carboxylic acids is 2. The van der Waals surface area contributed by atoms with Gasteiger partial charge in [-0.25, -0.2) is 9.59 Å². The molecule has 0 spiro atoms. The molecule has 2 N–H and O–H groups in total. The molecule has 2 aromatic rings. The van der Waals surface area contributed by atoms with Crippen LogP contribution in [0, 0.1) is 5.92 Å². The summed E-state index contributed by atoms with van der Waals surface area (Å²) in [6.07, 6.45) is 9.66. The Hall–Kier alpha value is -2.99. The van der Waals surface area contributed by atoms with Gasteiger partial charge in [-0.2, -0.15) is 0 Å². The number of carbonyl (C=O) groups is 2. The Morgan fingerprint density at radius 2 is 1.66 bits per heavy atom. The van der Waals surface area contributed by atoms with Crippen LogP contribution in [0.3, 0.4) is 0 Å². The highest BCUT2D eigenvalue weighted by Gasteiger charge is 2.25. The molecule has 0 amide bonds. The minimum Gasteiger partial charge on any atom is -0.478 e. The fourth-order valence-corrected chi connectivity index (χ4v) is 5.84. The molecule has 3 fully saturated rings. The summed E-state index contributed by atoms with van der Waals surface area (Å²) in [5.74, 6) is -1.76. The third kappa shape index (κ3) is 9.26. The average molecular weight is 573 g/mol. The van der Waals surface area contributed by atoms with Gasteiger partial charge in [-0.05, 0) is 90.2 Å². The van der Waals surface area contributed by atoms with Crippen molar-refractivity contribution >= 4 is 28.6 Å². The number of hydrogen-bond acceptors (Lipinski definition) is 9. The Balaban J connectivity index is 0.000000426. The lowest BCUT2D eigenvalue weighted by Gasteiger charge is -2.32. The van der Waals surface area contributed by atoms with E-state index in [1.165, 1.54) is 55.2 Å². The fourth-order valence-electron chi connectivity index (χ4n) is 5.84. The number of anilines is 1. The Labute approximate surface area is 241 Å². The Kier molecular flexibility index (Phi) is 11.6. The summed E-state index contributed by atoms with van der Waals surface area (Å²) in [6, 6.07) is 4.58. The molecule has 1 aromatic heterocycles. The van der Waals surface area contributed by atoms with Gasteiger partial charge in [0.2, 0.25) is 0 Å². The first-order valence-corrected chi connectivity index (χ1v) is 14.7. The molecule has 0 atom stereocenters. The number of likely N-dealkylation sites (tertiary alicyclic amines) is 1. The second-order valence-corrected chi connectivity index (χ2v) is 11.3. The molecule has 5 rings (SSSR count). The zero-order valence-electron chi connectivity index (χ0n) is 24.3. The van der Waals surface area contributed by atoms with Crippen molar-refractivity contribution in [2.24, 2.45) is 5.92 Å². The van der Waals surface area contributed by atoms with Crippen LogP contribution in [-0.4, -0.2) is 103 Å². The molecular formula is C30H44N4O7. The van der Waals surface area contributed by atoms with E-state index >= 15 is 0 Å². The lowest BCUT2D eigenvalue weighted by molar-refractivity contribution is -0.134. The highest BCUT2D eigenvalue weighted by Crippen LogP contribution is 2.34. The van der Waals surface area contributed by atoms with E-state index in [1.807, 2.05) is 0 Å². The van der Waals surface area contributed by atoms with Crippen LogP contribution >= 0.6 is 0 Å². The van der Waals surface area contributed by atoms with Gasteiger partial charge in [-0.15, -0.1) is 0 Å². The van der Waals surface area contributed by atoms with Gasteiger partial charge in [-0.3, -0.25) is 4.90 Å². The Morgan fingerprint density at radius 1 is 1.00 bits per heavy atom. The number of aryl methyl sites for hydroxylation is 1. The normalized spacial score (nSPS) is 19.2. The third-order valence-electron chi connectivity index (χ3n) is 7.93. The number of hydrogen-bond donors (Lipinski definition) is 2. The molecule has 3 saturated heterocycles. The van der Waals surface area contributed by atoms with E-state index in [0.29, 0.717) is 12.2 Å². The number of piperidine rings is 2. The van der Waals surface area contributed by atoms with Crippen LogP contribution in [0.2, 0.25) is 0 Å². The zero-order chi connectivity index (χ0) is 29.2. The maximum atomic E-state index is 9.55. The summed E-state index contributed by atoms with van der Waals surface area (Å²) in [6.45, 7) is 7.83. The van der Waals surface area contributed by atoms with Crippen molar-refractivity contribution in [3.63, 3.8) is 0 Å². The molecule has 1 aromatic carbocycles. The van der Waals surface area contributed by atoms with Gasteiger partial charge in [0.25, 0.3) is 0 Å². The molecule has 0 bridgehead atoms. The van der Waals surface area contributed by atoms with Gasteiger partial charge in [-0.1, -0.05) is 5.16 Å². The summed E-state index contributed by atoms with van der Waals surface area (Å²) in [4.78, 5) is 26.4. The maximum Gasteiger partial charge on any atom is 0.328 e. The number of nitrogens with zero attached hydrogens (tertiary/aromatic N) is 4. The molecular weight excluding hydrogens is 528 g/mol. The van der Waals surface area contributed by atoms with E-state index in [2.05, 4.69) is 46.1 Å². The van der Waals surface area contributed by atoms with E-state index in [1.54, 1.807) is 0 Å². The molecule has 0 saturated carbocycles. The molecule has 11 heteroatoms. The van der Waals surface area contributed by atoms with Gasteiger partial charge in [0.1, 0.15) is 0 Å². The van der Waals surface area contributed by atoms with Crippen molar-refractivity contribution < 1.29 is 33.8 Å². The van der Waals surface area contributed by atoms with Gasteiger partial charge >= 0.3 is 11.9 Å². The van der Waals surface area contributed by atoms with Crippen LogP contribution in [0.15, 0.2) is 28.8 Å². The monoisotopic (exact) mass is 572 g/mol. The Bertz CT molecular complexity index is 1150. The second-order valence-electron chi connectivity index (χ2n) is 11.3. The quantitative estimate of drug-likeness (QED) is 0.405. The lowest BCUT2D eigenvalue weighted by Crippen LogP contribution is -2.39. The average Bonchev–Trinajstić information content (AvgIpc) is 3.62. The fraction of sp³-hybridized carbons (Fsp3) is 0.633. The standard InChI is InChI=1S/C26H40N4O3.C4H4O4/c1-28(2)18-22-24(30-12-4-3-5-13-30)9-7-21-23(27-33-26(21)22)8-6-20-10-14-29(15-11-20)19-25-31-16-17-32-25;5-3(6)1-2-4(7)8/h7,9,20,25H,3-6,8,10-19H2,1-2H3;1-2H,(H,5,6)(H,7,8)/b;2-1+. The van der Waals surface area contributed by atoms with E-state index in [4.69, 9.17) is 24.2 Å². The molecule has 0 radical (unpaired) electrons. The topological polar surface area (TPSA) is 129 Å². The molecule has 3 aliphatic heterocycles. The first kappa shape index (κ1) is 31.0. The summed E-state index contributed by atoms with van der Waals surface area (Å²) in [7, 11) is 4.26. The molecule has 0 aliphatic carbocycles. The van der Waals surface area contributed by atoms with Crippen LogP contribution in [0.4, 0.5) is 5.69 Å². The lowest BCUT2D eigenvalue weighted by atomic mass is 9.91. The summed E-state index contributed by atoms with van der Waals surface area (Å²) >= 11 is 0. The van der Waals surface area contributed by atoms with Gasteiger partial charge in [0.05, 0.1) is 18.9 Å². The molecule has 0 unspecified atom stereocenters. The molecule has 226 valence electrons. The largest absolute Gasteiger partial charge is 0.478 e. The van der Waals surface area contributed by atoms with Crippen molar-refractivity contribution in [2.75, 3.05) is 64.9 Å². The van der Waals surface area contributed by atoms with Crippen LogP contribution in [0.1, 0.15) is 49.8 Å². The zero-order valence-corrected chi connectivity index (χ0v) is 24.3. The number of carboxylic acids is 2. The number of ether oxygens (including phenoxy) is 2. The molecule has 41 heavy (non-hydrogen) atoms. The van der Waals surface area contributed by atoms with Crippen molar-refractivity contribution in [1.29, 1.82) is 0 Å². The smallest absolute Gasteiger partial charge is 0.328 e. The van der Waals surface area contributed by atoms with Gasteiger partial charge in [0, 0.05) is 55.0 Å². The van der Waals surface area contributed by atoms with Crippen LogP contribution < -0.4 is 4.90 Å². The third-order valence-corrected chi connectivity index (χ3v) is 7.93. The highest BCUT2D eigenvalue weighted by atomic mass is 16.7. The highest BCUT2D eigenvalue weighted by molar-refractivity contribution is 5.89. The van der Waals surface area contributed by atoms with Crippen molar-refractivity contribution in [3.8, 4) is 0 Å². The minimum absolute atomic E-state index is 0.0192. The van der Waals surface area contributed by atoms with E-state index in [-0.39, 0.29) is 6.29 Å². The van der Waals surface area contributed by atoms with Crippen molar-refractivity contribution in [2.45, 2.75) is 57.8 Å². The maximum absolute atomic E-state index is 9.55. The first-order valence-electron chi connectivity index (χ1n) is 14.7. The van der Waals surface area contributed by atoms with E-state index in [0.717, 1.165) is 76.1 Å². The summed E-state index contributed by atoms with van der Waals surface area (Å²) in [5.41, 5.74) is 4.75. The van der Waals surface area contributed by atoms with Crippen molar-refractivity contribution in [3.05, 3.63) is 35.5 Å². The van der Waals surface area contributed by atoms with Crippen LogP contribution in [0.25, 0.3) is 11.0 Å². The van der Waals surface area contributed by atoms with Crippen LogP contribution in [-0.2, 0) is 32.0 Å². The molecule has 4 heterocycles. The molecule has 3 aliphatic rings. The number of rotatable bonds is 10. The molecule has 11 nitrogen and oxygen atoms in total. The van der Waals surface area contributed by atoms with Crippen molar-refractivity contribution in [1.82, 2.24) is 15.0 Å². The number of carboxylic acid groups (broad SMARTS) is 2. The predicted octanol–water partition coefficient (Wildman–Crippen LogP) is 3.61. The number of fused-ring (bicyclic) bond motifs is 1. The van der Waals surface area contributed by atoms with E-state index < -0.39 is 11.9 Å². The van der Waals surface area contributed by atoms with E-state index in [9.17, 15) is 9.59 Å². The Morgan fingerprint density at radius 3 is 2.27 bits per heavy atom. The number of aromatic nitrogens is 1. The second kappa shape index (κ2) is 15.3. The first-order chi connectivity index (χ1) is 19.8. The SMILES string of the molecule is CN(C)Cc1c(N2CCCCC2)ccc2c(CCC3CCN(CC4OCCO4)CC3)noc12.O=C(O)/C=C/C(=O)O. The van der Waals surface area contributed by atoms with Gasteiger partial charge < -0.3 is 34.0 Å². The van der Waals surface area contributed by atoms with Gasteiger partial charge in [0.15, 0.2) is 11.9 Å².